The second-order valence-electron chi connectivity index (χ2n) is 4.90. The number of aliphatic carboxylic acids is 4. The first-order valence-electron chi connectivity index (χ1n) is 7.40. The molecule has 0 saturated carbocycles. The molecule has 2 atom stereocenters. The van der Waals surface area contributed by atoms with Gasteiger partial charge in [-0.1, -0.05) is 6.92 Å². The Morgan fingerprint density at radius 3 is 1.48 bits per heavy atom. The third kappa shape index (κ3) is 16.0. The second-order valence-corrected chi connectivity index (χ2v) is 4.90. The minimum Gasteiger partial charge on any atom is -0.481 e. The van der Waals surface area contributed by atoms with E-state index in [0.717, 1.165) is 0 Å². The van der Waals surface area contributed by atoms with Gasteiger partial charge in [-0.3, -0.25) is 19.2 Å². The highest BCUT2D eigenvalue weighted by molar-refractivity contribution is 5.82. The van der Waals surface area contributed by atoms with Gasteiger partial charge in [-0.2, -0.15) is 0 Å². The van der Waals surface area contributed by atoms with E-state index in [1.165, 1.54) is 6.92 Å². The zero-order valence-corrected chi connectivity index (χ0v) is 14.0. The predicted octanol–water partition coefficient (Wildman–Crippen LogP) is -0.646. The summed E-state index contributed by atoms with van der Waals surface area (Å²) in [6.45, 7) is 3.48. The minimum atomic E-state index is -1.23. The molecule has 0 radical (unpaired) electrons. The van der Waals surface area contributed by atoms with Crippen LogP contribution in [0.3, 0.4) is 0 Å². The zero-order chi connectivity index (χ0) is 20.0. The Morgan fingerprint density at radius 2 is 1.20 bits per heavy atom. The topological polar surface area (TPSA) is 190 Å². The van der Waals surface area contributed by atoms with Crippen molar-refractivity contribution in [3.8, 4) is 0 Å². The smallest absolute Gasteiger partial charge is 0.326 e. The molecule has 0 aliphatic heterocycles. The normalized spacial score (nSPS) is 12.1. The van der Waals surface area contributed by atoms with Crippen molar-refractivity contribution < 1.29 is 44.4 Å². The number of carbonyl (C=O) groups excluding carboxylic acids is 1. The van der Waals surface area contributed by atoms with E-state index in [4.69, 9.17) is 20.4 Å². The van der Waals surface area contributed by atoms with Gasteiger partial charge in [-0.25, -0.2) is 4.79 Å². The molecule has 25 heavy (non-hydrogen) atoms. The molecule has 6 N–H and O–H groups in total. The van der Waals surface area contributed by atoms with Gasteiger partial charge in [0.1, 0.15) is 12.1 Å². The first kappa shape index (κ1) is 24.6. The predicted molar refractivity (Wildman–Crippen MR) is 84.1 cm³/mol. The van der Waals surface area contributed by atoms with E-state index in [-0.39, 0.29) is 25.7 Å². The Labute approximate surface area is 144 Å². The molecule has 0 aromatic heterocycles. The average molecular weight is 364 g/mol. The maximum atomic E-state index is 10.5. The summed E-state index contributed by atoms with van der Waals surface area (Å²) in [6, 6.07) is -1.86. The Bertz CT molecular complexity index is 479. The quantitative estimate of drug-likeness (QED) is 0.275. The monoisotopic (exact) mass is 364 g/mol. The molecule has 0 aromatic rings. The van der Waals surface area contributed by atoms with Gasteiger partial charge >= 0.3 is 23.9 Å². The van der Waals surface area contributed by atoms with Crippen molar-refractivity contribution in [1.82, 2.24) is 10.6 Å². The molecule has 11 heteroatoms. The Morgan fingerprint density at radius 1 is 0.800 bits per heavy atom. The summed E-state index contributed by atoms with van der Waals surface area (Å²) in [6.07, 6.45) is -0.385. The van der Waals surface area contributed by atoms with Gasteiger partial charge in [0, 0.05) is 19.8 Å². The third-order valence-electron chi connectivity index (χ3n) is 2.72. The number of nitrogens with one attached hydrogen (secondary N) is 2. The number of carbonyl (C=O) groups is 5. The van der Waals surface area contributed by atoms with E-state index in [0.29, 0.717) is 6.54 Å². The second kappa shape index (κ2) is 13.7. The van der Waals surface area contributed by atoms with Crippen molar-refractivity contribution in [3.05, 3.63) is 0 Å². The van der Waals surface area contributed by atoms with Crippen LogP contribution in [0.15, 0.2) is 0 Å². The highest BCUT2D eigenvalue weighted by Crippen LogP contribution is 1.98. The molecule has 0 saturated heterocycles. The molecule has 0 rings (SSSR count). The summed E-state index contributed by atoms with van der Waals surface area (Å²) >= 11 is 0. The standard InChI is InChI=1S/C7H11NO5.C7H13NO4/c1-4(9)8-5(7(12)13)2-3-6(10)11;1-2-8-5(7(11)12)3-4-6(9)10/h5H,2-3H2,1H3,(H,8,9)(H,10,11)(H,12,13);5,8H,2-4H2,1H3,(H,9,10)(H,11,12)/t2*5-/m00/s1. The van der Waals surface area contributed by atoms with E-state index < -0.39 is 41.9 Å². The van der Waals surface area contributed by atoms with E-state index in [2.05, 4.69) is 10.6 Å². The molecule has 0 spiro atoms. The van der Waals surface area contributed by atoms with E-state index >= 15 is 0 Å². The number of hydrogen-bond acceptors (Lipinski definition) is 6. The van der Waals surface area contributed by atoms with E-state index in [1.54, 1.807) is 6.92 Å². The van der Waals surface area contributed by atoms with E-state index in [9.17, 15) is 24.0 Å². The van der Waals surface area contributed by atoms with Gasteiger partial charge in [0.15, 0.2) is 0 Å². The van der Waals surface area contributed by atoms with Crippen LogP contribution >= 0.6 is 0 Å². The molecule has 0 aliphatic rings. The number of amides is 1. The number of rotatable bonds is 11. The van der Waals surface area contributed by atoms with Crippen molar-refractivity contribution in [2.75, 3.05) is 6.54 Å². The number of carboxylic acid groups (broad SMARTS) is 4. The van der Waals surface area contributed by atoms with Gasteiger partial charge in [-0.15, -0.1) is 0 Å². The molecular formula is C14H24N2O9. The molecule has 1 amide bonds. The fourth-order valence-corrected chi connectivity index (χ4v) is 1.60. The summed E-state index contributed by atoms with van der Waals surface area (Å²) in [5.74, 6) is -4.77. The van der Waals surface area contributed by atoms with E-state index in [1.807, 2.05) is 0 Å². The summed E-state index contributed by atoms with van der Waals surface area (Å²) in [4.78, 5) is 51.6. The van der Waals surface area contributed by atoms with Crippen LogP contribution in [0, 0.1) is 0 Å². The van der Waals surface area contributed by atoms with Crippen LogP contribution < -0.4 is 10.6 Å². The maximum Gasteiger partial charge on any atom is 0.326 e. The van der Waals surface area contributed by atoms with Crippen molar-refractivity contribution in [1.29, 1.82) is 0 Å². The fraction of sp³-hybridized carbons (Fsp3) is 0.643. The highest BCUT2D eigenvalue weighted by atomic mass is 16.4. The van der Waals surface area contributed by atoms with Crippen molar-refractivity contribution in [3.63, 3.8) is 0 Å². The van der Waals surface area contributed by atoms with Gasteiger partial charge in [0.05, 0.1) is 0 Å². The largest absolute Gasteiger partial charge is 0.481 e. The summed E-state index contributed by atoms with van der Waals surface area (Å²) < 4.78 is 0. The summed E-state index contributed by atoms with van der Waals surface area (Å²) in [5, 5.41) is 38.5. The molecule has 0 aliphatic carbocycles. The zero-order valence-electron chi connectivity index (χ0n) is 14.0. The van der Waals surface area contributed by atoms with Crippen LogP contribution in [-0.4, -0.2) is 68.8 Å². The Hall–Kier alpha value is -2.69. The lowest BCUT2D eigenvalue weighted by molar-refractivity contribution is -0.143. The molecule has 0 fully saturated rings. The van der Waals surface area contributed by atoms with Crippen LogP contribution in [0.5, 0.6) is 0 Å². The number of hydrogen-bond donors (Lipinski definition) is 6. The lowest BCUT2D eigenvalue weighted by atomic mass is 10.1. The molecule has 0 unspecified atom stereocenters. The van der Waals surface area contributed by atoms with Gasteiger partial charge in [-0.05, 0) is 19.4 Å². The van der Waals surface area contributed by atoms with Crippen LogP contribution in [0.25, 0.3) is 0 Å². The Kier molecular flexibility index (Phi) is 13.5. The van der Waals surface area contributed by atoms with Crippen LogP contribution in [-0.2, 0) is 24.0 Å². The minimum absolute atomic E-state index is 0.107. The van der Waals surface area contributed by atoms with Gasteiger partial charge in [0.2, 0.25) is 5.91 Å². The molecule has 144 valence electrons. The molecule has 0 aromatic carbocycles. The lowest BCUT2D eigenvalue weighted by Gasteiger charge is -2.10. The third-order valence-corrected chi connectivity index (χ3v) is 2.72. The van der Waals surface area contributed by atoms with Crippen molar-refractivity contribution >= 4 is 29.8 Å². The average Bonchev–Trinajstić information content (AvgIpc) is 2.47. The fourth-order valence-electron chi connectivity index (χ4n) is 1.60. The highest BCUT2D eigenvalue weighted by Gasteiger charge is 2.19. The van der Waals surface area contributed by atoms with Gasteiger partial charge < -0.3 is 31.1 Å². The van der Waals surface area contributed by atoms with Crippen LogP contribution in [0.2, 0.25) is 0 Å². The maximum absolute atomic E-state index is 10.5. The summed E-state index contributed by atoms with van der Waals surface area (Å²) in [7, 11) is 0. The molecule has 0 bridgehead atoms. The van der Waals surface area contributed by atoms with Crippen molar-refractivity contribution in [2.24, 2.45) is 0 Å². The summed E-state index contributed by atoms with van der Waals surface area (Å²) in [5.41, 5.74) is 0. The first-order chi connectivity index (χ1) is 11.5. The van der Waals surface area contributed by atoms with Crippen LogP contribution in [0.1, 0.15) is 39.5 Å². The number of likely N-dealkylation sites (N-methyl/N-ethyl adjacent to an activating group) is 1. The molecule has 0 heterocycles. The van der Waals surface area contributed by atoms with Crippen LogP contribution in [0.4, 0.5) is 0 Å². The van der Waals surface area contributed by atoms with Crippen molar-refractivity contribution in [2.45, 2.75) is 51.6 Å². The molecule has 11 nitrogen and oxygen atoms in total. The molecular weight excluding hydrogens is 340 g/mol. The van der Waals surface area contributed by atoms with Gasteiger partial charge in [0.25, 0.3) is 0 Å². The SMILES string of the molecule is CC(=O)N[C@@H](CCC(=O)O)C(=O)O.CCN[C@@H](CCC(=O)O)C(=O)O. The number of carboxylic acids is 4. The Balaban J connectivity index is 0. The first-order valence-corrected chi connectivity index (χ1v) is 7.40. The lowest BCUT2D eigenvalue weighted by Crippen LogP contribution is -2.39.